The number of sulfonamides is 1. The molecule has 3 aromatic carbocycles. The van der Waals surface area contributed by atoms with Crippen LogP contribution in [0.2, 0.25) is 0 Å². The Balaban J connectivity index is 0.000000258. The number of carbonyl (C=O) groups excluding carboxylic acids is 4. The predicted molar refractivity (Wildman–Crippen MR) is 268 cm³/mol. The number of ether oxygens (including phenoxy) is 1. The number of hydrogen-bond donors (Lipinski definition) is 4. The number of rotatable bonds is 20. The Labute approximate surface area is 399 Å². The topological polar surface area (TPSA) is 232 Å². The highest BCUT2D eigenvalue weighted by Crippen LogP contribution is 2.31. The smallest absolute Gasteiger partial charge is 0.306 e. The first-order chi connectivity index (χ1) is 32.7. The minimum absolute atomic E-state index is 0.0289. The van der Waals surface area contributed by atoms with Crippen LogP contribution in [-0.4, -0.2) is 91.3 Å². The fraction of sp³-hybridized carbons (Fsp3) is 0.353. The van der Waals surface area contributed by atoms with Gasteiger partial charge in [0.25, 0.3) is 15.9 Å². The molecule has 17 heteroatoms. The van der Waals surface area contributed by atoms with Crippen molar-refractivity contribution in [1.82, 2.24) is 20.1 Å². The van der Waals surface area contributed by atoms with E-state index in [9.17, 15) is 27.6 Å². The van der Waals surface area contributed by atoms with Gasteiger partial charge in [0.1, 0.15) is 18.3 Å². The number of nitrogens with one attached hydrogen (secondary N) is 2. The van der Waals surface area contributed by atoms with Crippen LogP contribution in [0.15, 0.2) is 117 Å². The summed E-state index contributed by atoms with van der Waals surface area (Å²) in [5, 5.41) is 2.83. The Hall–Kier alpha value is -7.14. The monoisotopic (exact) mass is 945 g/mol. The van der Waals surface area contributed by atoms with E-state index in [1.54, 1.807) is 48.7 Å². The SMILES string of the molecule is CCCN(CCC)C(=O)C1=Cc2ccc(C(=O)NCCCC(=O)OCc3ccccc3)cc2N=C(N)C1.CCCN(CCC)C(=O)C1=Cc2ccc(S(=O)(=O)Nc3cccnc3)cc2N=C(N)C1. The number of aromatic nitrogens is 1. The molecule has 1 aromatic heterocycles. The van der Waals surface area contributed by atoms with Crippen LogP contribution in [0.3, 0.4) is 0 Å². The van der Waals surface area contributed by atoms with E-state index in [0.29, 0.717) is 84.3 Å². The lowest BCUT2D eigenvalue weighted by Crippen LogP contribution is -2.34. The van der Waals surface area contributed by atoms with Gasteiger partial charge in [-0.05, 0) is 86.2 Å². The number of carbonyl (C=O) groups is 4. The number of pyridine rings is 1. The number of nitrogens with two attached hydrogens (primary N) is 2. The van der Waals surface area contributed by atoms with Crippen molar-refractivity contribution >= 4 is 74.6 Å². The molecule has 16 nitrogen and oxygen atoms in total. The van der Waals surface area contributed by atoms with Crippen LogP contribution >= 0.6 is 0 Å². The van der Waals surface area contributed by atoms with Gasteiger partial charge in [0, 0.05) is 86.0 Å². The second kappa shape index (κ2) is 25.7. The normalized spacial score (nSPS) is 12.9. The molecule has 4 aromatic rings. The summed E-state index contributed by atoms with van der Waals surface area (Å²) >= 11 is 0. The molecule has 2 aliphatic rings. The van der Waals surface area contributed by atoms with Crippen molar-refractivity contribution in [2.45, 2.75) is 90.6 Å². The molecule has 0 spiro atoms. The molecule has 0 saturated heterocycles. The van der Waals surface area contributed by atoms with Gasteiger partial charge in [-0.15, -0.1) is 0 Å². The van der Waals surface area contributed by atoms with Crippen molar-refractivity contribution in [3.05, 3.63) is 125 Å². The molecule has 0 saturated carbocycles. The van der Waals surface area contributed by atoms with Gasteiger partial charge in [0.15, 0.2) is 0 Å². The largest absolute Gasteiger partial charge is 0.461 e. The van der Waals surface area contributed by atoms with Gasteiger partial charge in [-0.1, -0.05) is 70.2 Å². The molecular weight excluding hydrogens is 883 g/mol. The summed E-state index contributed by atoms with van der Waals surface area (Å²) in [6.45, 7) is 11.5. The maximum atomic E-state index is 13.1. The number of nitrogens with zero attached hydrogens (tertiary/aromatic N) is 5. The Morgan fingerprint density at radius 2 is 1.26 bits per heavy atom. The molecule has 360 valence electrons. The molecule has 6 N–H and O–H groups in total. The maximum Gasteiger partial charge on any atom is 0.306 e. The third-order valence-electron chi connectivity index (χ3n) is 10.6. The lowest BCUT2D eigenvalue weighted by atomic mass is 10.0. The molecule has 3 heterocycles. The Morgan fingerprint density at radius 3 is 1.81 bits per heavy atom. The van der Waals surface area contributed by atoms with E-state index in [4.69, 9.17) is 16.2 Å². The van der Waals surface area contributed by atoms with E-state index >= 15 is 0 Å². The summed E-state index contributed by atoms with van der Waals surface area (Å²) in [5.74, 6) is -0.0697. The predicted octanol–water partition coefficient (Wildman–Crippen LogP) is 7.67. The highest BCUT2D eigenvalue weighted by molar-refractivity contribution is 7.92. The summed E-state index contributed by atoms with van der Waals surface area (Å²) in [6, 6.07) is 22.5. The molecule has 68 heavy (non-hydrogen) atoms. The van der Waals surface area contributed by atoms with Crippen LogP contribution < -0.4 is 21.5 Å². The summed E-state index contributed by atoms with van der Waals surface area (Å²) in [7, 11) is -3.83. The van der Waals surface area contributed by atoms with Gasteiger partial charge in [0.05, 0.1) is 28.2 Å². The van der Waals surface area contributed by atoms with E-state index in [0.717, 1.165) is 36.8 Å². The third-order valence-corrected chi connectivity index (χ3v) is 12.0. The molecule has 0 radical (unpaired) electrons. The molecule has 0 aliphatic carbocycles. The zero-order chi connectivity index (χ0) is 49.1. The highest BCUT2D eigenvalue weighted by atomic mass is 32.2. The van der Waals surface area contributed by atoms with Crippen LogP contribution in [0, 0.1) is 0 Å². The van der Waals surface area contributed by atoms with Crippen molar-refractivity contribution in [1.29, 1.82) is 0 Å². The van der Waals surface area contributed by atoms with Crippen LogP contribution in [0.1, 0.15) is 106 Å². The zero-order valence-electron chi connectivity index (χ0n) is 39.4. The lowest BCUT2D eigenvalue weighted by molar-refractivity contribution is -0.145. The fourth-order valence-corrected chi connectivity index (χ4v) is 8.51. The third kappa shape index (κ3) is 15.2. The number of aliphatic imine (C=N–C) groups is 2. The average molecular weight is 946 g/mol. The van der Waals surface area contributed by atoms with Gasteiger partial charge in [-0.25, -0.2) is 18.4 Å². The van der Waals surface area contributed by atoms with Crippen molar-refractivity contribution < 1.29 is 32.3 Å². The molecule has 0 unspecified atom stereocenters. The second-order valence-electron chi connectivity index (χ2n) is 16.3. The van der Waals surface area contributed by atoms with E-state index < -0.39 is 10.0 Å². The summed E-state index contributed by atoms with van der Waals surface area (Å²) in [6.07, 6.45) is 11.2. The Kier molecular flexibility index (Phi) is 19.6. The van der Waals surface area contributed by atoms with Crippen molar-refractivity contribution in [2.24, 2.45) is 21.5 Å². The second-order valence-corrected chi connectivity index (χ2v) is 18.0. The summed E-state index contributed by atoms with van der Waals surface area (Å²) in [4.78, 5) is 67.3. The number of amidine groups is 2. The molecule has 3 amide bonds. The number of anilines is 1. The molecule has 0 atom stereocenters. The van der Waals surface area contributed by atoms with Gasteiger partial charge >= 0.3 is 5.97 Å². The number of fused-ring (bicyclic) bond motifs is 2. The minimum Gasteiger partial charge on any atom is -0.461 e. The van der Waals surface area contributed by atoms with E-state index in [1.165, 1.54) is 18.3 Å². The van der Waals surface area contributed by atoms with Gasteiger partial charge in [-0.3, -0.25) is 28.9 Å². The van der Waals surface area contributed by atoms with Gasteiger partial charge in [-0.2, -0.15) is 0 Å². The van der Waals surface area contributed by atoms with Crippen molar-refractivity contribution in [3.63, 3.8) is 0 Å². The number of esters is 1. The zero-order valence-corrected chi connectivity index (χ0v) is 40.2. The number of hydrogen-bond acceptors (Lipinski definition) is 12. The van der Waals surface area contributed by atoms with E-state index in [1.807, 2.05) is 73.9 Å². The molecule has 0 fully saturated rings. The molecule has 0 bridgehead atoms. The van der Waals surface area contributed by atoms with Gasteiger partial charge in [0.2, 0.25) is 11.8 Å². The molecule has 2 aliphatic heterocycles. The van der Waals surface area contributed by atoms with Crippen LogP contribution in [0.4, 0.5) is 17.1 Å². The highest BCUT2D eigenvalue weighted by Gasteiger charge is 2.24. The first-order valence-corrected chi connectivity index (χ1v) is 24.6. The first-order valence-electron chi connectivity index (χ1n) is 23.1. The lowest BCUT2D eigenvalue weighted by Gasteiger charge is -2.22. The fourth-order valence-electron chi connectivity index (χ4n) is 7.44. The summed E-state index contributed by atoms with van der Waals surface area (Å²) < 4.78 is 33.3. The molecular formula is C51H63N9O7S. The van der Waals surface area contributed by atoms with Crippen LogP contribution in [0.25, 0.3) is 12.2 Å². The summed E-state index contributed by atoms with van der Waals surface area (Å²) in [5.41, 5.74) is 17.4. The Morgan fingerprint density at radius 1 is 0.706 bits per heavy atom. The van der Waals surface area contributed by atoms with Crippen LogP contribution in [-0.2, 0) is 35.8 Å². The Bertz CT molecular complexity index is 2620. The maximum absolute atomic E-state index is 13.1. The van der Waals surface area contributed by atoms with Crippen molar-refractivity contribution in [3.8, 4) is 0 Å². The van der Waals surface area contributed by atoms with Crippen molar-refractivity contribution in [2.75, 3.05) is 37.4 Å². The minimum atomic E-state index is -3.83. The number of benzene rings is 3. The van der Waals surface area contributed by atoms with Gasteiger partial charge < -0.3 is 31.3 Å². The standard InChI is InChI=1S/C29H36N4O4.C22H27N5O3S/c1-3-15-33(16-4-2)29(36)24-17-22-12-13-23(18-25(22)32-26(30)19-24)28(35)31-14-8-11-27(34)37-20-21-9-6-5-7-10-21;1-3-10-27(11-4-2)22(28)17-12-16-7-8-19(14-20(16)25-21(23)13-17)31(29,30)26-18-6-5-9-24-15-18/h5-7,9-10,12-13,17-18H,3-4,8,11,14-16,19-20H2,1-2H3,(H2,30,32)(H,31,35);5-9,12,14-15,26H,3-4,10-11,13H2,1-2H3,(H2,23,25). The number of amides is 3. The quantitative estimate of drug-likeness (QED) is 0.0499. The van der Waals surface area contributed by atoms with E-state index in [2.05, 4.69) is 25.0 Å². The van der Waals surface area contributed by atoms with E-state index in [-0.39, 0.29) is 60.3 Å². The molecule has 6 rings (SSSR count). The average Bonchev–Trinajstić information content (AvgIpc) is 3.61. The van der Waals surface area contributed by atoms with Crippen LogP contribution in [0.5, 0.6) is 0 Å². The first kappa shape index (κ1) is 51.8.